The molecule has 0 aromatic rings. The molecule has 1 saturated heterocycles. The van der Waals surface area contributed by atoms with Crippen LogP contribution < -0.4 is 10.6 Å². The maximum atomic E-state index is 12.3. The van der Waals surface area contributed by atoms with Gasteiger partial charge >= 0.3 is 12.0 Å². The number of carbonyl (C=O) groups is 3. The Morgan fingerprint density at radius 1 is 1.38 bits per heavy atom. The molecule has 21 heavy (non-hydrogen) atoms. The standard InChI is InChI=1S/C13H23N3O5/c1-13(2,5-4-10(17)18)15-12(20)16-6-7-21-8-9(16)11(19)14-3/h9H,4-8H2,1-3H3,(H,14,19)(H,15,20)(H,17,18). The number of rotatable bonds is 5. The first kappa shape index (κ1) is 17.2. The summed E-state index contributed by atoms with van der Waals surface area (Å²) in [4.78, 5) is 36.1. The zero-order chi connectivity index (χ0) is 16.0. The minimum absolute atomic E-state index is 0.0325. The molecule has 0 bridgehead atoms. The van der Waals surface area contributed by atoms with Crippen LogP contribution in [0.5, 0.6) is 0 Å². The van der Waals surface area contributed by atoms with Gasteiger partial charge in [0, 0.05) is 25.6 Å². The predicted molar refractivity (Wildman–Crippen MR) is 74.9 cm³/mol. The third-order valence-corrected chi connectivity index (χ3v) is 3.35. The molecule has 3 amide bonds. The number of morpholine rings is 1. The van der Waals surface area contributed by atoms with E-state index in [0.717, 1.165) is 0 Å². The quantitative estimate of drug-likeness (QED) is 0.651. The Hall–Kier alpha value is -1.83. The smallest absolute Gasteiger partial charge is 0.318 e. The van der Waals surface area contributed by atoms with Gasteiger partial charge in [-0.1, -0.05) is 0 Å². The van der Waals surface area contributed by atoms with Gasteiger partial charge in [-0.15, -0.1) is 0 Å². The lowest BCUT2D eigenvalue weighted by molar-refractivity contribution is -0.137. The van der Waals surface area contributed by atoms with Crippen molar-refractivity contribution in [2.75, 3.05) is 26.8 Å². The Morgan fingerprint density at radius 2 is 2.05 bits per heavy atom. The number of hydrogen-bond donors (Lipinski definition) is 3. The highest BCUT2D eigenvalue weighted by Gasteiger charge is 2.34. The Morgan fingerprint density at radius 3 is 2.62 bits per heavy atom. The summed E-state index contributed by atoms with van der Waals surface area (Å²) >= 11 is 0. The van der Waals surface area contributed by atoms with Crippen LogP contribution in [0.2, 0.25) is 0 Å². The summed E-state index contributed by atoms with van der Waals surface area (Å²) in [7, 11) is 1.50. The number of hydrogen-bond acceptors (Lipinski definition) is 4. The highest BCUT2D eigenvalue weighted by Crippen LogP contribution is 2.14. The van der Waals surface area contributed by atoms with Crippen molar-refractivity contribution < 1.29 is 24.2 Å². The predicted octanol–water partition coefficient (Wildman–Crippen LogP) is -0.214. The molecule has 1 atom stereocenters. The number of ether oxygens (including phenoxy) is 1. The fraction of sp³-hybridized carbons (Fsp3) is 0.769. The average molecular weight is 301 g/mol. The summed E-state index contributed by atoms with van der Waals surface area (Å²) in [6.07, 6.45) is 0.276. The van der Waals surface area contributed by atoms with Gasteiger partial charge in [-0.3, -0.25) is 9.59 Å². The van der Waals surface area contributed by atoms with Crippen LogP contribution in [0.1, 0.15) is 26.7 Å². The van der Waals surface area contributed by atoms with Crippen LogP contribution in [0.3, 0.4) is 0 Å². The van der Waals surface area contributed by atoms with E-state index >= 15 is 0 Å². The molecule has 1 fully saturated rings. The van der Waals surface area contributed by atoms with Gasteiger partial charge in [0.05, 0.1) is 13.2 Å². The molecule has 120 valence electrons. The molecular weight excluding hydrogens is 278 g/mol. The monoisotopic (exact) mass is 301 g/mol. The van der Waals surface area contributed by atoms with E-state index in [2.05, 4.69) is 10.6 Å². The molecule has 3 N–H and O–H groups in total. The van der Waals surface area contributed by atoms with Crippen molar-refractivity contribution in [2.24, 2.45) is 0 Å². The first-order valence-electron chi connectivity index (χ1n) is 6.87. The number of carboxylic acids is 1. The minimum Gasteiger partial charge on any atom is -0.481 e. The van der Waals surface area contributed by atoms with Crippen LogP contribution in [0.25, 0.3) is 0 Å². The van der Waals surface area contributed by atoms with E-state index in [4.69, 9.17) is 9.84 Å². The van der Waals surface area contributed by atoms with Crippen molar-refractivity contribution in [3.63, 3.8) is 0 Å². The molecule has 1 unspecified atom stereocenters. The maximum absolute atomic E-state index is 12.3. The third kappa shape index (κ3) is 5.22. The third-order valence-electron chi connectivity index (χ3n) is 3.35. The van der Waals surface area contributed by atoms with E-state index in [1.54, 1.807) is 13.8 Å². The molecule has 1 heterocycles. The second-order valence-electron chi connectivity index (χ2n) is 5.61. The van der Waals surface area contributed by atoms with Crippen LogP contribution in [-0.4, -0.2) is 66.3 Å². The minimum atomic E-state index is -0.910. The van der Waals surface area contributed by atoms with Gasteiger partial charge in [-0.25, -0.2) is 4.79 Å². The molecule has 0 radical (unpaired) electrons. The molecule has 1 aliphatic rings. The van der Waals surface area contributed by atoms with Gasteiger partial charge in [0.15, 0.2) is 0 Å². The van der Waals surface area contributed by atoms with E-state index in [-0.39, 0.29) is 25.0 Å². The Bertz CT molecular complexity index is 411. The number of carbonyl (C=O) groups excluding carboxylic acids is 2. The van der Waals surface area contributed by atoms with Crippen molar-refractivity contribution in [1.29, 1.82) is 0 Å². The van der Waals surface area contributed by atoms with Crippen molar-refractivity contribution in [3.05, 3.63) is 0 Å². The van der Waals surface area contributed by atoms with E-state index < -0.39 is 17.6 Å². The van der Waals surface area contributed by atoms with E-state index in [9.17, 15) is 14.4 Å². The van der Waals surface area contributed by atoms with Gasteiger partial charge in [-0.2, -0.15) is 0 Å². The van der Waals surface area contributed by atoms with E-state index in [1.165, 1.54) is 11.9 Å². The fourth-order valence-electron chi connectivity index (χ4n) is 2.07. The lowest BCUT2D eigenvalue weighted by atomic mass is 9.98. The summed E-state index contributed by atoms with van der Waals surface area (Å²) in [5, 5.41) is 14.0. The van der Waals surface area contributed by atoms with E-state index in [1.807, 2.05) is 0 Å². The number of amides is 3. The molecule has 0 spiro atoms. The lowest BCUT2D eigenvalue weighted by Crippen LogP contribution is -2.60. The number of likely N-dealkylation sites (N-methyl/N-ethyl adjacent to an activating group) is 1. The zero-order valence-electron chi connectivity index (χ0n) is 12.6. The summed E-state index contributed by atoms with van der Waals surface area (Å²) in [5.74, 6) is -1.19. The van der Waals surface area contributed by atoms with Crippen LogP contribution in [0, 0.1) is 0 Å². The normalized spacial score (nSPS) is 19.0. The number of carboxylic acid groups (broad SMARTS) is 1. The molecule has 0 aromatic carbocycles. The summed E-state index contributed by atoms with van der Waals surface area (Å²) in [6, 6.07) is -1.05. The molecule has 8 nitrogen and oxygen atoms in total. The van der Waals surface area contributed by atoms with Crippen LogP contribution in [0.4, 0.5) is 4.79 Å². The van der Waals surface area contributed by atoms with Crippen molar-refractivity contribution in [3.8, 4) is 0 Å². The fourth-order valence-corrected chi connectivity index (χ4v) is 2.07. The number of aliphatic carboxylic acids is 1. The molecule has 0 saturated carbocycles. The largest absolute Gasteiger partial charge is 0.481 e. The number of urea groups is 1. The highest BCUT2D eigenvalue weighted by atomic mass is 16.5. The molecule has 0 aromatic heterocycles. The first-order chi connectivity index (χ1) is 9.76. The van der Waals surface area contributed by atoms with Gasteiger partial charge in [-0.05, 0) is 20.3 Å². The van der Waals surface area contributed by atoms with Crippen molar-refractivity contribution in [2.45, 2.75) is 38.3 Å². The van der Waals surface area contributed by atoms with Gasteiger partial charge < -0.3 is 25.4 Å². The maximum Gasteiger partial charge on any atom is 0.318 e. The average Bonchev–Trinajstić information content (AvgIpc) is 2.44. The lowest BCUT2D eigenvalue weighted by Gasteiger charge is -2.37. The Kier molecular flexibility index (Phi) is 5.95. The van der Waals surface area contributed by atoms with Crippen molar-refractivity contribution >= 4 is 17.9 Å². The molecule has 1 rings (SSSR count). The molecule has 8 heteroatoms. The number of nitrogens with zero attached hydrogens (tertiary/aromatic N) is 1. The molecule has 0 aliphatic carbocycles. The topological polar surface area (TPSA) is 108 Å². The van der Waals surface area contributed by atoms with Crippen LogP contribution >= 0.6 is 0 Å². The van der Waals surface area contributed by atoms with Crippen LogP contribution in [0.15, 0.2) is 0 Å². The molecular formula is C13H23N3O5. The Balaban J connectivity index is 2.67. The second-order valence-corrected chi connectivity index (χ2v) is 5.61. The molecule has 1 aliphatic heterocycles. The highest BCUT2D eigenvalue weighted by molar-refractivity contribution is 5.87. The summed E-state index contributed by atoms with van der Waals surface area (Å²) in [5.41, 5.74) is -0.666. The number of nitrogens with one attached hydrogen (secondary N) is 2. The second kappa shape index (κ2) is 7.26. The van der Waals surface area contributed by atoms with Gasteiger partial charge in [0.2, 0.25) is 5.91 Å². The van der Waals surface area contributed by atoms with Gasteiger partial charge in [0.1, 0.15) is 6.04 Å². The van der Waals surface area contributed by atoms with E-state index in [0.29, 0.717) is 19.6 Å². The summed E-state index contributed by atoms with van der Waals surface area (Å²) in [6.45, 7) is 4.35. The first-order valence-corrected chi connectivity index (χ1v) is 6.87. The van der Waals surface area contributed by atoms with Crippen molar-refractivity contribution in [1.82, 2.24) is 15.5 Å². The zero-order valence-corrected chi connectivity index (χ0v) is 12.6. The SMILES string of the molecule is CNC(=O)C1COCCN1C(=O)NC(C)(C)CCC(=O)O. The van der Waals surface area contributed by atoms with Crippen LogP contribution in [-0.2, 0) is 14.3 Å². The summed E-state index contributed by atoms with van der Waals surface area (Å²) < 4.78 is 5.23. The van der Waals surface area contributed by atoms with Gasteiger partial charge in [0.25, 0.3) is 0 Å². The Labute approximate surface area is 123 Å².